The zero-order valence-corrected chi connectivity index (χ0v) is 11.0. The summed E-state index contributed by atoms with van der Waals surface area (Å²) in [6, 6.07) is 5.53. The summed E-state index contributed by atoms with van der Waals surface area (Å²) >= 11 is 11.8. The van der Waals surface area contributed by atoms with Gasteiger partial charge in [-0.25, -0.2) is 0 Å². The molecule has 0 atom stereocenters. The first-order valence-corrected chi connectivity index (χ1v) is 5.92. The van der Waals surface area contributed by atoms with Gasteiger partial charge in [0, 0.05) is 25.7 Å². The number of carbonyl (C=O) groups is 1. The number of rotatable bonds is 5. The van der Waals surface area contributed by atoms with Gasteiger partial charge in [-0.3, -0.25) is 0 Å². The van der Waals surface area contributed by atoms with Gasteiger partial charge in [0.1, 0.15) is 5.78 Å². The van der Waals surface area contributed by atoms with Crippen LogP contribution >= 0.6 is 23.2 Å². The molecule has 88 valence electrons. The Hall–Kier alpha value is -0.730. The summed E-state index contributed by atoms with van der Waals surface area (Å²) in [5.41, 5.74) is 1.01. The highest BCUT2D eigenvalue weighted by molar-refractivity contribution is 6.42. The van der Waals surface area contributed by atoms with Crippen LogP contribution in [-0.2, 0) is 4.79 Å². The van der Waals surface area contributed by atoms with Crippen LogP contribution < -0.4 is 4.90 Å². The predicted molar refractivity (Wildman–Crippen MR) is 69.6 cm³/mol. The largest absolute Gasteiger partial charge is 0.375 e. The molecule has 0 N–H and O–H groups in total. The van der Waals surface area contributed by atoms with Crippen molar-refractivity contribution < 1.29 is 4.79 Å². The molecular weight excluding hydrogens is 245 g/mol. The molecule has 2 nitrogen and oxygen atoms in total. The normalized spacial score (nSPS) is 10.2. The average molecular weight is 260 g/mol. The number of benzene rings is 1. The monoisotopic (exact) mass is 259 g/mol. The van der Waals surface area contributed by atoms with Crippen molar-refractivity contribution >= 4 is 34.7 Å². The molecule has 0 fully saturated rings. The Morgan fingerprint density at radius 3 is 2.56 bits per heavy atom. The second-order valence-corrected chi connectivity index (χ2v) is 4.64. The molecule has 1 aromatic rings. The molecule has 4 heteroatoms. The molecule has 0 spiro atoms. The lowest BCUT2D eigenvalue weighted by Crippen LogP contribution is -2.18. The number of Topliss-reactive ketones (excluding diaryl/α,β-unsaturated/α-hetero) is 1. The Morgan fingerprint density at radius 1 is 1.31 bits per heavy atom. The van der Waals surface area contributed by atoms with E-state index in [9.17, 15) is 4.79 Å². The minimum Gasteiger partial charge on any atom is -0.375 e. The zero-order valence-electron chi connectivity index (χ0n) is 9.46. The van der Waals surface area contributed by atoms with E-state index < -0.39 is 0 Å². The Labute approximate surface area is 106 Å². The van der Waals surface area contributed by atoms with E-state index in [1.807, 2.05) is 19.2 Å². The smallest absolute Gasteiger partial charge is 0.129 e. The summed E-state index contributed by atoms with van der Waals surface area (Å²) in [5, 5.41) is 1.11. The fourth-order valence-corrected chi connectivity index (χ4v) is 1.71. The number of hydrogen-bond donors (Lipinski definition) is 0. The first kappa shape index (κ1) is 13.3. The van der Waals surface area contributed by atoms with Gasteiger partial charge in [-0.2, -0.15) is 0 Å². The van der Waals surface area contributed by atoms with E-state index in [1.165, 1.54) is 0 Å². The van der Waals surface area contributed by atoms with Crippen LogP contribution in [-0.4, -0.2) is 19.4 Å². The van der Waals surface area contributed by atoms with Gasteiger partial charge in [0.25, 0.3) is 0 Å². The Morgan fingerprint density at radius 2 is 2.00 bits per heavy atom. The standard InChI is InChI=1S/C12H15Cl2NO/c1-9(16)4-3-7-15(2)10-5-6-11(13)12(14)8-10/h5-6,8H,3-4,7H2,1-2H3. The molecule has 0 bridgehead atoms. The van der Waals surface area contributed by atoms with Gasteiger partial charge >= 0.3 is 0 Å². The third-order valence-electron chi connectivity index (χ3n) is 2.37. The number of hydrogen-bond acceptors (Lipinski definition) is 2. The van der Waals surface area contributed by atoms with Gasteiger partial charge in [0.05, 0.1) is 10.0 Å². The third kappa shape index (κ3) is 4.03. The van der Waals surface area contributed by atoms with Crippen molar-refractivity contribution in [1.82, 2.24) is 0 Å². The minimum atomic E-state index is 0.225. The van der Waals surface area contributed by atoms with E-state index in [2.05, 4.69) is 4.90 Å². The maximum Gasteiger partial charge on any atom is 0.129 e. The number of anilines is 1. The van der Waals surface area contributed by atoms with Crippen LogP contribution in [0.2, 0.25) is 10.0 Å². The predicted octanol–water partition coefficient (Wildman–Crippen LogP) is 3.80. The maximum atomic E-state index is 10.8. The lowest BCUT2D eigenvalue weighted by atomic mass is 10.2. The number of carbonyl (C=O) groups excluding carboxylic acids is 1. The van der Waals surface area contributed by atoms with Crippen molar-refractivity contribution in [1.29, 1.82) is 0 Å². The minimum absolute atomic E-state index is 0.225. The molecule has 0 aromatic heterocycles. The Bertz CT molecular complexity index is 379. The average Bonchev–Trinajstić information content (AvgIpc) is 2.21. The molecule has 1 aromatic carbocycles. The summed E-state index contributed by atoms with van der Waals surface area (Å²) in [6.07, 6.45) is 1.47. The molecule has 0 saturated heterocycles. The number of nitrogens with zero attached hydrogens (tertiary/aromatic N) is 1. The van der Waals surface area contributed by atoms with Crippen molar-refractivity contribution in [2.75, 3.05) is 18.5 Å². The van der Waals surface area contributed by atoms with Crippen LogP contribution in [0.15, 0.2) is 18.2 Å². The highest BCUT2D eigenvalue weighted by Crippen LogP contribution is 2.26. The van der Waals surface area contributed by atoms with Crippen LogP contribution in [0.5, 0.6) is 0 Å². The molecule has 0 aliphatic rings. The molecule has 1 rings (SSSR count). The molecule has 16 heavy (non-hydrogen) atoms. The van der Waals surface area contributed by atoms with Crippen molar-refractivity contribution in [3.8, 4) is 0 Å². The second-order valence-electron chi connectivity index (χ2n) is 3.83. The van der Waals surface area contributed by atoms with Crippen LogP contribution in [0.3, 0.4) is 0 Å². The fourth-order valence-electron chi connectivity index (χ4n) is 1.42. The second kappa shape index (κ2) is 6.12. The van der Waals surface area contributed by atoms with Crippen LogP contribution in [0.4, 0.5) is 5.69 Å². The van der Waals surface area contributed by atoms with Crippen LogP contribution in [0.25, 0.3) is 0 Å². The number of halogens is 2. The highest BCUT2D eigenvalue weighted by atomic mass is 35.5. The summed E-state index contributed by atoms with van der Waals surface area (Å²) < 4.78 is 0. The maximum absolute atomic E-state index is 10.8. The van der Waals surface area contributed by atoms with Crippen molar-refractivity contribution in [3.63, 3.8) is 0 Å². The van der Waals surface area contributed by atoms with E-state index in [-0.39, 0.29) is 5.78 Å². The lowest BCUT2D eigenvalue weighted by molar-refractivity contribution is -0.117. The van der Waals surface area contributed by atoms with E-state index in [1.54, 1.807) is 13.0 Å². The molecule has 0 heterocycles. The van der Waals surface area contributed by atoms with E-state index in [4.69, 9.17) is 23.2 Å². The van der Waals surface area contributed by atoms with Gasteiger partial charge in [0.15, 0.2) is 0 Å². The zero-order chi connectivity index (χ0) is 12.1. The molecule has 0 saturated carbocycles. The summed E-state index contributed by atoms with van der Waals surface area (Å²) in [7, 11) is 1.97. The summed E-state index contributed by atoms with van der Waals surface area (Å²) in [6.45, 7) is 2.44. The van der Waals surface area contributed by atoms with E-state index in [0.29, 0.717) is 16.5 Å². The van der Waals surface area contributed by atoms with Gasteiger partial charge in [-0.1, -0.05) is 23.2 Å². The topological polar surface area (TPSA) is 20.3 Å². The molecule has 0 unspecified atom stereocenters. The van der Waals surface area contributed by atoms with Crippen LogP contribution in [0, 0.1) is 0 Å². The molecular formula is C12H15Cl2NO. The van der Waals surface area contributed by atoms with Crippen molar-refractivity contribution in [3.05, 3.63) is 28.2 Å². The van der Waals surface area contributed by atoms with Crippen molar-refractivity contribution in [2.45, 2.75) is 19.8 Å². The Kier molecular flexibility index (Phi) is 5.10. The quantitative estimate of drug-likeness (QED) is 0.802. The molecule has 0 amide bonds. The first-order chi connectivity index (χ1) is 7.50. The number of ketones is 1. The van der Waals surface area contributed by atoms with Gasteiger partial charge < -0.3 is 9.69 Å². The first-order valence-electron chi connectivity index (χ1n) is 5.16. The third-order valence-corrected chi connectivity index (χ3v) is 3.11. The van der Waals surface area contributed by atoms with Gasteiger partial charge in [0.2, 0.25) is 0 Å². The molecule has 0 aliphatic carbocycles. The Balaban J connectivity index is 2.55. The highest BCUT2D eigenvalue weighted by Gasteiger charge is 2.04. The SMILES string of the molecule is CC(=O)CCCN(C)c1ccc(Cl)c(Cl)c1. The van der Waals surface area contributed by atoms with E-state index >= 15 is 0 Å². The van der Waals surface area contributed by atoms with Crippen molar-refractivity contribution in [2.24, 2.45) is 0 Å². The summed E-state index contributed by atoms with van der Waals surface area (Å²) in [4.78, 5) is 12.9. The fraction of sp³-hybridized carbons (Fsp3) is 0.417. The van der Waals surface area contributed by atoms with Crippen LogP contribution in [0.1, 0.15) is 19.8 Å². The summed E-state index contributed by atoms with van der Waals surface area (Å²) in [5.74, 6) is 0.225. The van der Waals surface area contributed by atoms with E-state index in [0.717, 1.165) is 18.7 Å². The van der Waals surface area contributed by atoms with Gasteiger partial charge in [-0.15, -0.1) is 0 Å². The lowest BCUT2D eigenvalue weighted by Gasteiger charge is -2.19. The van der Waals surface area contributed by atoms with Gasteiger partial charge in [-0.05, 0) is 31.5 Å². The molecule has 0 aliphatic heterocycles. The molecule has 0 radical (unpaired) electrons.